The molecule has 0 atom stereocenters. The van der Waals surface area contributed by atoms with Crippen LogP contribution in [0, 0.1) is 0 Å². The van der Waals surface area contributed by atoms with E-state index in [-0.39, 0.29) is 5.91 Å². The molecule has 2 fully saturated rings. The number of benzene rings is 2. The van der Waals surface area contributed by atoms with E-state index in [0.29, 0.717) is 6.04 Å². The van der Waals surface area contributed by atoms with Gasteiger partial charge in [-0.15, -0.1) is 0 Å². The predicted octanol–water partition coefficient (Wildman–Crippen LogP) is 4.92. The number of hydrogen-bond acceptors (Lipinski definition) is 4. The van der Waals surface area contributed by atoms with Gasteiger partial charge in [0.2, 0.25) is 0 Å². The lowest BCUT2D eigenvalue weighted by atomic mass is 10.00. The molecule has 2 aliphatic rings. The molecule has 2 aromatic heterocycles. The molecule has 190 valence electrons. The number of carbonyl (C=O) groups is 1. The van der Waals surface area contributed by atoms with Crippen LogP contribution in [0.15, 0.2) is 67.0 Å². The first-order chi connectivity index (χ1) is 18.0. The molecule has 1 saturated carbocycles. The summed E-state index contributed by atoms with van der Waals surface area (Å²) >= 11 is 0. The summed E-state index contributed by atoms with van der Waals surface area (Å²) in [7, 11) is 4.10. The highest BCUT2D eigenvalue weighted by Gasteiger charge is 2.30. The average molecular weight is 494 g/mol. The quantitative estimate of drug-likeness (QED) is 0.397. The van der Waals surface area contributed by atoms with Gasteiger partial charge in [-0.3, -0.25) is 4.79 Å². The first-order valence-corrected chi connectivity index (χ1v) is 13.4. The molecule has 6 nitrogen and oxygen atoms in total. The smallest absolute Gasteiger partial charge is 0.253 e. The molecule has 1 amide bonds. The second-order valence-corrected chi connectivity index (χ2v) is 10.6. The van der Waals surface area contributed by atoms with Crippen LogP contribution in [0.5, 0.6) is 0 Å². The molecule has 2 aromatic carbocycles. The summed E-state index contributed by atoms with van der Waals surface area (Å²) in [5.41, 5.74) is 7.45. The van der Waals surface area contributed by atoms with Gasteiger partial charge in [0, 0.05) is 80.3 Å². The fourth-order valence-corrected chi connectivity index (χ4v) is 5.25. The summed E-state index contributed by atoms with van der Waals surface area (Å²) < 4.78 is 0. The number of likely N-dealkylation sites (N-methyl/N-ethyl adjacent to an activating group) is 1. The van der Waals surface area contributed by atoms with E-state index >= 15 is 0 Å². The summed E-state index contributed by atoms with van der Waals surface area (Å²) in [6.07, 6.45) is 7.26. The second kappa shape index (κ2) is 10.1. The van der Waals surface area contributed by atoms with E-state index in [4.69, 9.17) is 4.98 Å². The molecule has 6 heteroatoms. The number of fused-ring (bicyclic) bond motifs is 1. The van der Waals surface area contributed by atoms with E-state index in [1.807, 2.05) is 48.6 Å². The highest BCUT2D eigenvalue weighted by Crippen LogP contribution is 2.32. The highest BCUT2D eigenvalue weighted by molar-refractivity contribution is 5.98. The van der Waals surface area contributed by atoms with Crippen LogP contribution in [-0.4, -0.2) is 83.4 Å². The molecule has 0 bridgehead atoms. The average Bonchev–Trinajstić information content (AvgIpc) is 3.71. The third-order valence-electron chi connectivity index (χ3n) is 7.99. The molecule has 1 saturated heterocycles. The first-order valence-electron chi connectivity index (χ1n) is 13.4. The van der Waals surface area contributed by atoms with Crippen LogP contribution in [0.2, 0.25) is 0 Å². The molecule has 0 spiro atoms. The topological polar surface area (TPSA) is 55.5 Å². The number of hydrogen-bond donors (Lipinski definition) is 1. The summed E-state index contributed by atoms with van der Waals surface area (Å²) in [4.78, 5) is 27.5. The molecule has 4 aromatic rings. The number of aromatic amines is 1. The summed E-state index contributed by atoms with van der Waals surface area (Å²) in [6.45, 7) is 5.77. The van der Waals surface area contributed by atoms with Crippen LogP contribution in [0.3, 0.4) is 0 Å². The Kier molecular flexibility index (Phi) is 6.53. The number of pyridine rings is 1. The summed E-state index contributed by atoms with van der Waals surface area (Å²) in [5, 5.41) is 1.09. The number of nitrogens with one attached hydrogen (secondary N) is 1. The Labute approximate surface area is 218 Å². The van der Waals surface area contributed by atoms with E-state index in [0.717, 1.165) is 85.3 Å². The van der Waals surface area contributed by atoms with Crippen molar-refractivity contribution >= 4 is 16.9 Å². The van der Waals surface area contributed by atoms with Crippen molar-refractivity contribution in [3.8, 4) is 22.3 Å². The van der Waals surface area contributed by atoms with E-state index in [1.54, 1.807) is 0 Å². The maximum atomic E-state index is 12.7. The minimum atomic E-state index is 0.101. The fourth-order valence-electron chi connectivity index (χ4n) is 5.25. The Hall–Kier alpha value is -3.48. The van der Waals surface area contributed by atoms with Crippen LogP contribution in [0.1, 0.15) is 28.8 Å². The summed E-state index contributed by atoms with van der Waals surface area (Å²) in [5.74, 6) is 0.101. The normalized spacial score (nSPS) is 16.8. The van der Waals surface area contributed by atoms with E-state index in [1.165, 1.54) is 11.1 Å². The minimum Gasteiger partial charge on any atom is -0.346 e. The van der Waals surface area contributed by atoms with Gasteiger partial charge in [0.1, 0.15) is 5.65 Å². The monoisotopic (exact) mass is 493 g/mol. The standard InChI is InChI=1S/C31H35N5O/c1-34-15-17-36(18-16-34)14-13-22-3-5-23(6-4-22)26-19-28-29(21-33-30(28)32-20-26)24-7-9-25(10-8-24)31(37)35(2)27-11-12-27/h3-10,19-21,27H,11-18H2,1-2H3,(H,32,33). The number of aromatic nitrogens is 2. The maximum Gasteiger partial charge on any atom is 0.253 e. The molecule has 3 heterocycles. The zero-order valence-corrected chi connectivity index (χ0v) is 21.8. The van der Waals surface area contributed by atoms with E-state index in [9.17, 15) is 4.79 Å². The molecule has 0 radical (unpaired) electrons. The Balaban J connectivity index is 1.17. The fraction of sp³-hybridized carbons (Fsp3) is 0.355. The van der Waals surface area contributed by atoms with Gasteiger partial charge in [0.05, 0.1) is 0 Å². The third-order valence-corrected chi connectivity index (χ3v) is 7.99. The lowest BCUT2D eigenvalue weighted by Gasteiger charge is -2.32. The van der Waals surface area contributed by atoms with Crippen LogP contribution < -0.4 is 0 Å². The van der Waals surface area contributed by atoms with Crippen molar-refractivity contribution < 1.29 is 4.79 Å². The SMILES string of the molecule is CN1CCN(CCc2ccc(-c3cnc4[nH]cc(-c5ccc(C(=O)N(C)C6CC6)cc5)c4c3)cc2)CC1. The maximum absolute atomic E-state index is 12.7. The lowest BCUT2D eigenvalue weighted by Crippen LogP contribution is -2.45. The molecule has 0 unspecified atom stereocenters. The van der Waals surface area contributed by atoms with Gasteiger partial charge in [-0.25, -0.2) is 4.98 Å². The van der Waals surface area contributed by atoms with Crippen LogP contribution in [-0.2, 0) is 6.42 Å². The van der Waals surface area contributed by atoms with Crippen molar-refractivity contribution in [2.75, 3.05) is 46.8 Å². The number of amides is 1. The molecule has 1 aliphatic carbocycles. The highest BCUT2D eigenvalue weighted by atomic mass is 16.2. The number of rotatable bonds is 7. The van der Waals surface area contributed by atoms with Gasteiger partial charge in [-0.05, 0) is 61.2 Å². The molecule has 1 aliphatic heterocycles. The van der Waals surface area contributed by atoms with Gasteiger partial charge in [-0.1, -0.05) is 36.4 Å². The van der Waals surface area contributed by atoms with Crippen LogP contribution in [0.4, 0.5) is 0 Å². The first kappa shape index (κ1) is 23.9. The lowest BCUT2D eigenvalue weighted by molar-refractivity contribution is 0.0785. The second-order valence-electron chi connectivity index (χ2n) is 10.6. The number of H-pyrrole nitrogens is 1. The predicted molar refractivity (Wildman–Crippen MR) is 150 cm³/mol. The molecule has 37 heavy (non-hydrogen) atoms. The number of piperazine rings is 1. The van der Waals surface area contributed by atoms with Crippen molar-refractivity contribution in [1.82, 2.24) is 24.7 Å². The Morgan fingerprint density at radius 1 is 0.973 bits per heavy atom. The largest absolute Gasteiger partial charge is 0.346 e. The zero-order valence-electron chi connectivity index (χ0n) is 21.8. The van der Waals surface area contributed by atoms with Gasteiger partial charge in [-0.2, -0.15) is 0 Å². The van der Waals surface area contributed by atoms with E-state index in [2.05, 4.69) is 52.2 Å². The van der Waals surface area contributed by atoms with Crippen molar-refractivity contribution in [2.45, 2.75) is 25.3 Å². The molecular weight excluding hydrogens is 458 g/mol. The number of nitrogens with zero attached hydrogens (tertiary/aromatic N) is 4. The summed E-state index contributed by atoms with van der Waals surface area (Å²) in [6, 6.07) is 19.5. The molecule has 1 N–H and O–H groups in total. The van der Waals surface area contributed by atoms with Gasteiger partial charge in [0.25, 0.3) is 5.91 Å². The Bertz CT molecular complexity index is 1380. The van der Waals surface area contributed by atoms with Crippen molar-refractivity contribution in [3.63, 3.8) is 0 Å². The zero-order chi connectivity index (χ0) is 25.4. The van der Waals surface area contributed by atoms with Crippen molar-refractivity contribution in [2.24, 2.45) is 0 Å². The van der Waals surface area contributed by atoms with Gasteiger partial charge < -0.3 is 19.7 Å². The van der Waals surface area contributed by atoms with Crippen LogP contribution in [0.25, 0.3) is 33.3 Å². The van der Waals surface area contributed by atoms with E-state index < -0.39 is 0 Å². The van der Waals surface area contributed by atoms with Gasteiger partial charge >= 0.3 is 0 Å². The van der Waals surface area contributed by atoms with Crippen LogP contribution >= 0.6 is 0 Å². The third kappa shape index (κ3) is 5.17. The Morgan fingerprint density at radius 3 is 2.38 bits per heavy atom. The molecular formula is C31H35N5O. The van der Waals surface area contributed by atoms with Crippen molar-refractivity contribution in [3.05, 3.63) is 78.1 Å². The number of carbonyl (C=O) groups excluding carboxylic acids is 1. The van der Waals surface area contributed by atoms with Gasteiger partial charge in [0.15, 0.2) is 0 Å². The Morgan fingerprint density at radius 2 is 1.68 bits per heavy atom. The van der Waals surface area contributed by atoms with Crippen molar-refractivity contribution in [1.29, 1.82) is 0 Å². The minimum absolute atomic E-state index is 0.101. The molecule has 6 rings (SSSR count).